The molecule has 0 radical (unpaired) electrons. The van der Waals surface area contributed by atoms with E-state index in [4.69, 9.17) is 5.11 Å². The van der Waals surface area contributed by atoms with E-state index >= 15 is 0 Å². The first-order valence-electron chi connectivity index (χ1n) is 4.83. The van der Waals surface area contributed by atoms with Crippen molar-refractivity contribution in [3.05, 3.63) is 29.8 Å². The molecule has 4 heteroatoms. The minimum absolute atomic E-state index is 0.0299. The van der Waals surface area contributed by atoms with Crippen molar-refractivity contribution in [2.24, 2.45) is 0 Å². The molecule has 0 aliphatic rings. The van der Waals surface area contributed by atoms with E-state index in [1.165, 1.54) is 4.90 Å². The van der Waals surface area contributed by atoms with E-state index in [9.17, 15) is 4.79 Å². The second-order valence-electron chi connectivity index (χ2n) is 3.44. The molecule has 0 fully saturated rings. The first kappa shape index (κ1) is 11.5. The monoisotopic (exact) mass is 208 g/mol. The third-order valence-corrected chi connectivity index (χ3v) is 2.08. The Morgan fingerprint density at radius 3 is 2.53 bits per heavy atom. The summed E-state index contributed by atoms with van der Waals surface area (Å²) in [4.78, 5) is 12.9. The van der Waals surface area contributed by atoms with Gasteiger partial charge >= 0.3 is 6.03 Å². The number of aliphatic hydroxyl groups excluding tert-OH is 1. The maximum absolute atomic E-state index is 11.5. The predicted octanol–water partition coefficient (Wildman–Crippen LogP) is 1.45. The van der Waals surface area contributed by atoms with Crippen LogP contribution < -0.4 is 5.32 Å². The number of aryl methyl sites for hydroxylation is 1. The molecule has 82 valence electrons. The van der Waals surface area contributed by atoms with Crippen molar-refractivity contribution < 1.29 is 9.90 Å². The number of urea groups is 1. The first-order valence-corrected chi connectivity index (χ1v) is 4.83. The van der Waals surface area contributed by atoms with Gasteiger partial charge in [0.25, 0.3) is 0 Å². The highest BCUT2D eigenvalue weighted by atomic mass is 16.3. The van der Waals surface area contributed by atoms with Crippen LogP contribution in [0.1, 0.15) is 5.56 Å². The predicted molar refractivity (Wildman–Crippen MR) is 59.9 cm³/mol. The Balaban J connectivity index is 2.54. The molecule has 15 heavy (non-hydrogen) atoms. The van der Waals surface area contributed by atoms with Gasteiger partial charge in [0.05, 0.1) is 6.61 Å². The number of likely N-dealkylation sites (N-methyl/N-ethyl adjacent to an activating group) is 1. The van der Waals surface area contributed by atoms with Crippen molar-refractivity contribution in [3.63, 3.8) is 0 Å². The molecule has 1 rings (SSSR count). The molecule has 0 aromatic heterocycles. The van der Waals surface area contributed by atoms with E-state index in [0.29, 0.717) is 6.54 Å². The number of aliphatic hydroxyl groups is 1. The van der Waals surface area contributed by atoms with Crippen LogP contribution in [-0.4, -0.2) is 36.2 Å². The lowest BCUT2D eigenvalue weighted by atomic mass is 10.2. The van der Waals surface area contributed by atoms with E-state index in [1.54, 1.807) is 7.05 Å². The van der Waals surface area contributed by atoms with E-state index in [-0.39, 0.29) is 12.6 Å². The van der Waals surface area contributed by atoms with Gasteiger partial charge in [-0.25, -0.2) is 4.79 Å². The minimum atomic E-state index is -0.215. The fraction of sp³-hybridized carbons (Fsp3) is 0.364. The minimum Gasteiger partial charge on any atom is -0.395 e. The van der Waals surface area contributed by atoms with Crippen LogP contribution >= 0.6 is 0 Å². The van der Waals surface area contributed by atoms with Crippen LogP contribution in [0.4, 0.5) is 10.5 Å². The maximum Gasteiger partial charge on any atom is 0.321 e. The smallest absolute Gasteiger partial charge is 0.321 e. The van der Waals surface area contributed by atoms with Gasteiger partial charge in [-0.05, 0) is 19.1 Å². The zero-order valence-electron chi connectivity index (χ0n) is 9.03. The van der Waals surface area contributed by atoms with E-state index in [0.717, 1.165) is 11.3 Å². The molecule has 0 aliphatic carbocycles. The van der Waals surface area contributed by atoms with Gasteiger partial charge in [-0.15, -0.1) is 0 Å². The lowest BCUT2D eigenvalue weighted by molar-refractivity contribution is 0.202. The zero-order valence-corrected chi connectivity index (χ0v) is 9.03. The Kier molecular flexibility index (Phi) is 4.12. The second kappa shape index (κ2) is 5.36. The van der Waals surface area contributed by atoms with Crippen molar-refractivity contribution in [2.75, 3.05) is 25.5 Å². The van der Waals surface area contributed by atoms with Gasteiger partial charge in [0, 0.05) is 19.3 Å². The number of hydrogen-bond donors (Lipinski definition) is 2. The molecular formula is C11H16N2O2. The fourth-order valence-corrected chi connectivity index (χ4v) is 1.11. The van der Waals surface area contributed by atoms with Crippen molar-refractivity contribution in [2.45, 2.75) is 6.92 Å². The molecule has 0 saturated heterocycles. The van der Waals surface area contributed by atoms with E-state index < -0.39 is 0 Å². The molecule has 4 nitrogen and oxygen atoms in total. The van der Waals surface area contributed by atoms with Crippen molar-refractivity contribution in [1.29, 1.82) is 0 Å². The molecule has 2 amide bonds. The van der Waals surface area contributed by atoms with Crippen molar-refractivity contribution in [1.82, 2.24) is 4.90 Å². The van der Waals surface area contributed by atoms with Gasteiger partial charge in [0.15, 0.2) is 0 Å². The summed E-state index contributed by atoms with van der Waals surface area (Å²) in [6.07, 6.45) is 0. The van der Waals surface area contributed by atoms with Crippen molar-refractivity contribution in [3.8, 4) is 0 Å². The summed E-state index contributed by atoms with van der Waals surface area (Å²) in [6.45, 7) is 2.29. The lowest BCUT2D eigenvalue weighted by Gasteiger charge is -2.16. The lowest BCUT2D eigenvalue weighted by Crippen LogP contribution is -2.33. The van der Waals surface area contributed by atoms with Crippen LogP contribution in [-0.2, 0) is 0 Å². The molecule has 0 bridgehead atoms. The van der Waals surface area contributed by atoms with E-state index in [1.807, 2.05) is 31.2 Å². The number of nitrogens with zero attached hydrogens (tertiary/aromatic N) is 1. The van der Waals surface area contributed by atoms with Crippen LogP contribution in [0.5, 0.6) is 0 Å². The summed E-state index contributed by atoms with van der Waals surface area (Å²) >= 11 is 0. The molecule has 0 atom stereocenters. The Morgan fingerprint density at radius 2 is 2.00 bits per heavy atom. The number of hydrogen-bond acceptors (Lipinski definition) is 2. The summed E-state index contributed by atoms with van der Waals surface area (Å²) in [5.41, 5.74) is 1.91. The van der Waals surface area contributed by atoms with Crippen LogP contribution in [0, 0.1) is 6.92 Å². The van der Waals surface area contributed by atoms with Crippen LogP contribution in [0.15, 0.2) is 24.3 Å². The molecule has 0 heterocycles. The second-order valence-corrected chi connectivity index (χ2v) is 3.44. The number of rotatable bonds is 3. The van der Waals surface area contributed by atoms with Crippen LogP contribution in [0.25, 0.3) is 0 Å². The number of benzene rings is 1. The molecule has 2 N–H and O–H groups in total. The highest BCUT2D eigenvalue weighted by Gasteiger charge is 2.06. The van der Waals surface area contributed by atoms with E-state index in [2.05, 4.69) is 5.32 Å². The summed E-state index contributed by atoms with van der Waals surface area (Å²) < 4.78 is 0. The topological polar surface area (TPSA) is 52.6 Å². The Hall–Kier alpha value is -1.55. The summed E-state index contributed by atoms with van der Waals surface area (Å²) in [7, 11) is 1.64. The zero-order chi connectivity index (χ0) is 11.3. The van der Waals surface area contributed by atoms with Gasteiger partial charge in [0.2, 0.25) is 0 Å². The Morgan fingerprint density at radius 1 is 1.40 bits per heavy atom. The number of carbonyl (C=O) groups is 1. The fourth-order valence-electron chi connectivity index (χ4n) is 1.11. The van der Waals surface area contributed by atoms with Gasteiger partial charge in [-0.3, -0.25) is 0 Å². The quantitative estimate of drug-likeness (QED) is 0.790. The highest BCUT2D eigenvalue weighted by Crippen LogP contribution is 2.08. The number of amides is 2. The molecule has 0 unspecified atom stereocenters. The average Bonchev–Trinajstić information content (AvgIpc) is 2.22. The number of carbonyl (C=O) groups excluding carboxylic acids is 1. The number of anilines is 1. The number of nitrogens with one attached hydrogen (secondary N) is 1. The molecule has 1 aromatic rings. The summed E-state index contributed by atoms with van der Waals surface area (Å²) in [5.74, 6) is 0. The largest absolute Gasteiger partial charge is 0.395 e. The summed E-state index contributed by atoms with van der Waals surface area (Å²) in [5, 5.41) is 11.4. The normalized spacial score (nSPS) is 9.80. The third kappa shape index (κ3) is 3.59. The third-order valence-electron chi connectivity index (χ3n) is 2.08. The van der Waals surface area contributed by atoms with Gasteiger partial charge < -0.3 is 15.3 Å². The first-order chi connectivity index (χ1) is 7.13. The van der Waals surface area contributed by atoms with Gasteiger partial charge in [-0.1, -0.05) is 17.7 Å². The molecule has 1 aromatic carbocycles. The SMILES string of the molecule is Cc1ccc(NC(=O)N(C)CCO)cc1. The van der Waals surface area contributed by atoms with Crippen molar-refractivity contribution >= 4 is 11.7 Å². The Bertz CT molecular complexity index is 322. The van der Waals surface area contributed by atoms with Crippen LogP contribution in [0.2, 0.25) is 0 Å². The summed E-state index contributed by atoms with van der Waals surface area (Å²) in [6, 6.07) is 7.34. The molecule has 0 spiro atoms. The average molecular weight is 208 g/mol. The molecule has 0 aliphatic heterocycles. The maximum atomic E-state index is 11.5. The molecule has 0 saturated carbocycles. The highest BCUT2D eigenvalue weighted by molar-refractivity contribution is 5.89. The van der Waals surface area contributed by atoms with Crippen LogP contribution in [0.3, 0.4) is 0 Å². The molecular weight excluding hydrogens is 192 g/mol. The standard InChI is InChI=1S/C11H16N2O2/c1-9-3-5-10(6-4-9)12-11(15)13(2)7-8-14/h3-6,14H,7-8H2,1-2H3,(H,12,15). The Labute approximate surface area is 89.5 Å². The van der Waals surface area contributed by atoms with Gasteiger partial charge in [0.1, 0.15) is 0 Å². The van der Waals surface area contributed by atoms with Gasteiger partial charge in [-0.2, -0.15) is 0 Å².